The van der Waals surface area contributed by atoms with E-state index in [1.54, 1.807) is 25.4 Å². The van der Waals surface area contributed by atoms with Crippen molar-refractivity contribution in [3.05, 3.63) is 65.2 Å². The third-order valence-electron chi connectivity index (χ3n) is 6.00. The highest BCUT2D eigenvalue weighted by Crippen LogP contribution is 2.42. The molecule has 4 heterocycles. The van der Waals surface area contributed by atoms with Crippen LogP contribution in [0.3, 0.4) is 0 Å². The minimum Gasteiger partial charge on any atom is -0.369 e. The zero-order valence-electron chi connectivity index (χ0n) is 18.8. The fraction of sp³-hybridized carbons (Fsp3) is 0.208. The van der Waals surface area contributed by atoms with Gasteiger partial charge in [-0.3, -0.25) is 14.8 Å². The number of nitrogens with two attached hydrogens (primary N) is 1. The molecular formula is C24H20F3N7O. The number of amides is 1. The predicted molar refractivity (Wildman–Crippen MR) is 124 cm³/mol. The Balaban J connectivity index is 1.79. The molecule has 0 spiro atoms. The van der Waals surface area contributed by atoms with Gasteiger partial charge in [0.2, 0.25) is 5.62 Å². The summed E-state index contributed by atoms with van der Waals surface area (Å²) in [6.07, 6.45) is -2.09. The molecule has 0 radical (unpaired) electrons. The number of benzene rings is 1. The van der Waals surface area contributed by atoms with E-state index < -0.39 is 23.3 Å². The number of carbonyl (C=O) groups is 1. The first kappa shape index (κ1) is 22.5. The van der Waals surface area contributed by atoms with Crippen molar-refractivity contribution in [2.45, 2.75) is 19.6 Å². The number of aromatic nitrogens is 4. The van der Waals surface area contributed by atoms with Gasteiger partial charge < -0.3 is 15.6 Å². The smallest absolute Gasteiger partial charge is 0.369 e. The van der Waals surface area contributed by atoms with Gasteiger partial charge in [0.05, 0.1) is 5.56 Å². The van der Waals surface area contributed by atoms with Crippen LogP contribution in [0.5, 0.6) is 0 Å². The first-order valence-corrected chi connectivity index (χ1v) is 10.7. The first-order valence-electron chi connectivity index (χ1n) is 10.7. The molecule has 1 amide bonds. The molecule has 3 aliphatic rings. The second kappa shape index (κ2) is 8.19. The van der Waals surface area contributed by atoms with Crippen LogP contribution in [-0.4, -0.2) is 39.0 Å². The van der Waals surface area contributed by atoms with Gasteiger partial charge >= 0.3 is 6.18 Å². The second-order valence-corrected chi connectivity index (χ2v) is 8.13. The molecule has 1 aromatic carbocycles. The van der Waals surface area contributed by atoms with Gasteiger partial charge in [0.15, 0.2) is 0 Å². The van der Waals surface area contributed by atoms with Gasteiger partial charge in [-0.1, -0.05) is 12.1 Å². The normalized spacial score (nSPS) is 13.7. The van der Waals surface area contributed by atoms with Crippen molar-refractivity contribution in [3.63, 3.8) is 0 Å². The molecule has 0 fully saturated rings. The number of primary amides is 1. The standard InChI is InChI=1S/C24H20F3N7O/c1-12-3-4-13(18-17(24(25,26)27)5-6-30-19(18)20(28)35)9-15(12)16-10-14-11-32-23(29-2)33-21(14)34-8-7-31-22(16)34/h3-6,9-11,31H,7-8H2,1-2H3,(H2,28,35). The maximum absolute atomic E-state index is 13.9. The lowest BCUT2D eigenvalue weighted by Gasteiger charge is -2.20. The molecule has 178 valence electrons. The average molecular weight is 479 g/mol. The predicted octanol–water partition coefficient (Wildman–Crippen LogP) is 3.49. The number of fused-ring (bicyclic) bond motifs is 3. The molecule has 2 aromatic rings. The third kappa shape index (κ3) is 3.78. The number of aryl methyl sites for hydroxylation is 1. The van der Waals surface area contributed by atoms with E-state index in [-0.39, 0.29) is 11.1 Å². The molecule has 3 aliphatic heterocycles. The monoisotopic (exact) mass is 479 g/mol. The number of halogens is 3. The zero-order chi connectivity index (χ0) is 24.9. The van der Waals surface area contributed by atoms with E-state index >= 15 is 0 Å². The molecule has 0 unspecified atom stereocenters. The number of nitrogens with one attached hydrogen (secondary N) is 1. The van der Waals surface area contributed by atoms with Crippen LogP contribution in [0.1, 0.15) is 21.6 Å². The topological polar surface area (TPSA) is 111 Å². The maximum atomic E-state index is 13.9. The van der Waals surface area contributed by atoms with Crippen molar-refractivity contribution in [3.8, 4) is 33.6 Å². The molecule has 11 heteroatoms. The van der Waals surface area contributed by atoms with Crippen molar-refractivity contribution >= 4 is 11.7 Å². The van der Waals surface area contributed by atoms with Crippen LogP contribution in [0, 0.1) is 6.92 Å². The lowest BCUT2D eigenvalue weighted by molar-refractivity contribution is -0.137. The molecule has 0 saturated heterocycles. The van der Waals surface area contributed by atoms with Crippen molar-refractivity contribution in [1.29, 1.82) is 0 Å². The van der Waals surface area contributed by atoms with E-state index in [0.29, 0.717) is 30.1 Å². The van der Waals surface area contributed by atoms with Crippen molar-refractivity contribution in [2.24, 2.45) is 10.7 Å². The number of carbonyl (C=O) groups excluding carboxylic acids is 1. The van der Waals surface area contributed by atoms with Crippen LogP contribution in [0.15, 0.2) is 47.7 Å². The highest BCUT2D eigenvalue weighted by Gasteiger charge is 2.36. The van der Waals surface area contributed by atoms with Gasteiger partial charge in [0.1, 0.15) is 17.3 Å². The SMILES string of the molecule is CN=c1ncc2cc(-c3cc(-c4c(C(F)(F)F)ccnc4C(N)=O)ccc3C)c3n(c-2n1)CCN3. The molecule has 3 N–H and O–H groups in total. The largest absolute Gasteiger partial charge is 0.417 e. The number of rotatable bonds is 3. The summed E-state index contributed by atoms with van der Waals surface area (Å²) in [5, 5.41) is 3.35. The number of pyridine rings is 2. The van der Waals surface area contributed by atoms with E-state index in [1.807, 2.05) is 17.6 Å². The molecule has 1 aromatic heterocycles. The summed E-state index contributed by atoms with van der Waals surface area (Å²) < 4.78 is 43.7. The Kier molecular flexibility index (Phi) is 5.27. The Morgan fingerprint density at radius 2 is 1.91 bits per heavy atom. The van der Waals surface area contributed by atoms with Crippen LogP contribution in [0.25, 0.3) is 33.6 Å². The Morgan fingerprint density at radius 3 is 2.63 bits per heavy atom. The second-order valence-electron chi connectivity index (χ2n) is 8.13. The van der Waals surface area contributed by atoms with Gasteiger partial charge in [-0.05, 0) is 41.8 Å². The fourth-order valence-corrected chi connectivity index (χ4v) is 4.42. The number of anilines is 1. The van der Waals surface area contributed by atoms with E-state index in [2.05, 4.69) is 25.3 Å². The zero-order valence-corrected chi connectivity index (χ0v) is 18.8. The summed E-state index contributed by atoms with van der Waals surface area (Å²) in [5.74, 6) is 0.461. The summed E-state index contributed by atoms with van der Waals surface area (Å²) in [7, 11) is 1.61. The number of alkyl halides is 3. The van der Waals surface area contributed by atoms with E-state index in [4.69, 9.17) is 5.73 Å². The van der Waals surface area contributed by atoms with Crippen LogP contribution in [0.2, 0.25) is 0 Å². The fourth-order valence-electron chi connectivity index (χ4n) is 4.42. The molecule has 0 atom stereocenters. The molecule has 8 nitrogen and oxygen atoms in total. The van der Waals surface area contributed by atoms with Crippen LogP contribution >= 0.6 is 0 Å². The molecule has 0 aliphatic carbocycles. The van der Waals surface area contributed by atoms with E-state index in [9.17, 15) is 18.0 Å². The lowest BCUT2D eigenvalue weighted by Crippen LogP contribution is -2.18. The van der Waals surface area contributed by atoms with Gasteiger partial charge in [0, 0.05) is 49.2 Å². The molecule has 0 bridgehead atoms. The third-order valence-corrected chi connectivity index (χ3v) is 6.00. The number of hydrogen-bond donors (Lipinski definition) is 2. The van der Waals surface area contributed by atoms with Crippen LogP contribution in [-0.2, 0) is 12.7 Å². The minimum absolute atomic E-state index is 0.188. The van der Waals surface area contributed by atoms with Crippen LogP contribution < -0.4 is 16.7 Å². The number of nitrogens with zero attached hydrogens (tertiary/aromatic N) is 5. The van der Waals surface area contributed by atoms with Crippen molar-refractivity contribution in [2.75, 3.05) is 18.9 Å². The molecular weight excluding hydrogens is 459 g/mol. The summed E-state index contributed by atoms with van der Waals surface area (Å²) in [6, 6.07) is 7.63. The highest BCUT2D eigenvalue weighted by atomic mass is 19.4. The average Bonchev–Trinajstić information content (AvgIpc) is 3.33. The van der Waals surface area contributed by atoms with Gasteiger partial charge in [-0.2, -0.15) is 18.2 Å². The van der Waals surface area contributed by atoms with Crippen molar-refractivity contribution in [1.82, 2.24) is 19.5 Å². The Morgan fingerprint density at radius 1 is 1.14 bits per heavy atom. The molecule has 35 heavy (non-hydrogen) atoms. The van der Waals surface area contributed by atoms with Gasteiger partial charge in [-0.25, -0.2) is 4.98 Å². The lowest BCUT2D eigenvalue weighted by atomic mass is 9.91. The first-order chi connectivity index (χ1) is 16.7. The number of hydrogen-bond acceptors (Lipinski definition) is 6. The summed E-state index contributed by atoms with van der Waals surface area (Å²) in [6.45, 7) is 3.19. The Labute approximate surface area is 197 Å². The Bertz CT molecular complexity index is 1520. The summed E-state index contributed by atoms with van der Waals surface area (Å²) in [4.78, 5) is 28.7. The quantitative estimate of drug-likeness (QED) is 0.467. The minimum atomic E-state index is -4.70. The maximum Gasteiger partial charge on any atom is 0.417 e. The molecule has 5 rings (SSSR count). The van der Waals surface area contributed by atoms with Gasteiger partial charge in [0.25, 0.3) is 5.91 Å². The Hall–Kier alpha value is -4.28. The van der Waals surface area contributed by atoms with Gasteiger partial charge in [-0.15, -0.1) is 0 Å². The molecule has 0 saturated carbocycles. The van der Waals surface area contributed by atoms with E-state index in [1.165, 1.54) is 6.07 Å². The van der Waals surface area contributed by atoms with Crippen molar-refractivity contribution < 1.29 is 18.0 Å². The van der Waals surface area contributed by atoms with Crippen LogP contribution in [0.4, 0.5) is 19.0 Å². The highest BCUT2D eigenvalue weighted by molar-refractivity contribution is 5.99. The summed E-state index contributed by atoms with van der Waals surface area (Å²) in [5.41, 5.74) is 7.26. The van der Waals surface area contributed by atoms with E-state index in [0.717, 1.165) is 34.8 Å². The summed E-state index contributed by atoms with van der Waals surface area (Å²) >= 11 is 0.